The van der Waals surface area contributed by atoms with Gasteiger partial charge in [-0.05, 0) is 80.9 Å². The lowest BCUT2D eigenvalue weighted by atomic mass is 9.71. The van der Waals surface area contributed by atoms with Crippen LogP contribution in [0.15, 0.2) is 146 Å². The molecule has 4 aromatic heterocycles. The third-order valence-corrected chi connectivity index (χ3v) is 8.90. The van der Waals surface area contributed by atoms with Gasteiger partial charge in [-0.25, -0.2) is 0 Å². The van der Waals surface area contributed by atoms with E-state index in [9.17, 15) is 0 Å². The minimum atomic E-state index is 0.224. The Morgan fingerprint density at radius 1 is 0.489 bits per heavy atom. The van der Waals surface area contributed by atoms with Crippen molar-refractivity contribution in [2.75, 3.05) is 0 Å². The molecule has 0 saturated heterocycles. The molecule has 0 aliphatic heterocycles. The van der Waals surface area contributed by atoms with Crippen molar-refractivity contribution < 1.29 is 0 Å². The number of fused-ring (bicyclic) bond motifs is 2. The number of allylic oxidation sites excluding steroid dienone is 1. The molecule has 4 nitrogen and oxygen atoms in total. The van der Waals surface area contributed by atoms with Crippen molar-refractivity contribution in [2.45, 2.75) is 18.8 Å². The Morgan fingerprint density at radius 2 is 1.02 bits per heavy atom. The van der Waals surface area contributed by atoms with Crippen LogP contribution in [-0.2, 0) is 0 Å². The van der Waals surface area contributed by atoms with Gasteiger partial charge in [0.2, 0.25) is 0 Å². The van der Waals surface area contributed by atoms with Crippen molar-refractivity contribution in [2.24, 2.45) is 0 Å². The molecule has 1 aliphatic rings. The number of hydrogen-bond donors (Lipinski definition) is 0. The second-order valence-corrected chi connectivity index (χ2v) is 11.5. The first-order chi connectivity index (χ1) is 22.3. The van der Waals surface area contributed by atoms with Gasteiger partial charge >= 0.3 is 0 Å². The van der Waals surface area contributed by atoms with Crippen molar-refractivity contribution in [3.63, 3.8) is 0 Å². The Hall–Kier alpha value is -5.74. The molecular weight excluding hydrogens is 548 g/mol. The minimum Gasteiger partial charge on any atom is -0.255 e. The number of hydrogen-bond acceptors (Lipinski definition) is 4. The summed E-state index contributed by atoms with van der Waals surface area (Å²) in [7, 11) is 0. The number of benzene rings is 3. The molecule has 2 unspecified atom stereocenters. The van der Waals surface area contributed by atoms with Gasteiger partial charge < -0.3 is 0 Å². The monoisotopic (exact) mass is 578 g/mol. The maximum Gasteiger partial charge on any atom is 0.0886 e. The molecule has 7 aromatic rings. The molecule has 4 heterocycles. The Labute approximate surface area is 262 Å². The van der Waals surface area contributed by atoms with Gasteiger partial charge in [-0.1, -0.05) is 97.9 Å². The number of aromatic nitrogens is 4. The molecule has 0 radical (unpaired) electrons. The Kier molecular flexibility index (Phi) is 6.80. The smallest absolute Gasteiger partial charge is 0.0886 e. The van der Waals surface area contributed by atoms with E-state index in [4.69, 9.17) is 9.97 Å². The SMILES string of the molecule is CC1c2c(c(-c3ccc(-c4ccccn4)nc3)c3ccccc3c2-c2ccc(-c3ccccn3)nc2)C=CC1c1ccccc1. The second-order valence-electron chi connectivity index (χ2n) is 11.5. The summed E-state index contributed by atoms with van der Waals surface area (Å²) in [6, 6.07) is 40.0. The normalized spacial score (nSPS) is 15.6. The van der Waals surface area contributed by atoms with E-state index >= 15 is 0 Å². The topological polar surface area (TPSA) is 51.6 Å². The van der Waals surface area contributed by atoms with E-state index in [2.05, 4.69) is 108 Å². The molecule has 0 N–H and O–H groups in total. The maximum absolute atomic E-state index is 4.91. The number of pyridine rings is 4. The zero-order valence-electron chi connectivity index (χ0n) is 24.9. The summed E-state index contributed by atoms with van der Waals surface area (Å²) < 4.78 is 0. The second kappa shape index (κ2) is 11.4. The lowest BCUT2D eigenvalue weighted by Gasteiger charge is -2.32. The van der Waals surface area contributed by atoms with Gasteiger partial charge in [0.1, 0.15) is 0 Å². The quantitative estimate of drug-likeness (QED) is 0.204. The van der Waals surface area contributed by atoms with E-state index in [1.165, 1.54) is 38.6 Å². The first-order valence-corrected chi connectivity index (χ1v) is 15.3. The molecule has 45 heavy (non-hydrogen) atoms. The fourth-order valence-corrected chi connectivity index (χ4v) is 6.78. The summed E-state index contributed by atoms with van der Waals surface area (Å²) in [4.78, 5) is 18.8. The first-order valence-electron chi connectivity index (χ1n) is 15.3. The van der Waals surface area contributed by atoms with E-state index < -0.39 is 0 Å². The summed E-state index contributed by atoms with van der Waals surface area (Å²) in [6.07, 6.45) is 12.3. The Morgan fingerprint density at radius 3 is 1.58 bits per heavy atom. The molecule has 2 atom stereocenters. The summed E-state index contributed by atoms with van der Waals surface area (Å²) in [6.45, 7) is 2.36. The van der Waals surface area contributed by atoms with E-state index in [1.807, 2.05) is 55.0 Å². The van der Waals surface area contributed by atoms with Crippen LogP contribution in [0.25, 0.3) is 61.9 Å². The molecule has 3 aromatic carbocycles. The van der Waals surface area contributed by atoms with Gasteiger partial charge in [-0.3, -0.25) is 19.9 Å². The predicted molar refractivity (Wildman–Crippen MR) is 184 cm³/mol. The van der Waals surface area contributed by atoms with Crippen LogP contribution in [0.5, 0.6) is 0 Å². The summed E-state index contributed by atoms with van der Waals surface area (Å²) in [5.74, 6) is 0.471. The van der Waals surface area contributed by atoms with Crippen LogP contribution in [0.1, 0.15) is 35.4 Å². The minimum absolute atomic E-state index is 0.224. The standard InChI is InChI=1S/C41H30N4/c1-27-31(28-11-3-2-4-12-28)19-20-34-39(27)41(30-18-22-38(45-26-30)36-16-8-10-24-43-36)33-14-6-5-13-32(33)40(34)29-17-21-37(44-25-29)35-15-7-9-23-42-35/h2-27,31H,1H3. The van der Waals surface area contributed by atoms with Gasteiger partial charge in [0, 0.05) is 41.8 Å². The molecule has 8 rings (SSSR count). The van der Waals surface area contributed by atoms with Crippen molar-refractivity contribution in [3.05, 3.63) is 163 Å². The van der Waals surface area contributed by atoms with Gasteiger partial charge in [0.05, 0.1) is 22.8 Å². The first kappa shape index (κ1) is 26.9. The molecule has 4 heteroatoms. The van der Waals surface area contributed by atoms with Gasteiger partial charge in [-0.15, -0.1) is 0 Å². The van der Waals surface area contributed by atoms with Gasteiger partial charge in [-0.2, -0.15) is 0 Å². The molecule has 0 fully saturated rings. The summed E-state index contributed by atoms with van der Waals surface area (Å²) in [5, 5.41) is 2.41. The highest BCUT2D eigenvalue weighted by Crippen LogP contribution is 2.51. The predicted octanol–water partition coefficient (Wildman–Crippen LogP) is 10.0. The molecule has 0 amide bonds. The number of rotatable bonds is 5. The van der Waals surface area contributed by atoms with Crippen LogP contribution in [0.2, 0.25) is 0 Å². The molecular formula is C41H30N4. The highest BCUT2D eigenvalue weighted by Gasteiger charge is 2.31. The Balaban J connectivity index is 1.36. The van der Waals surface area contributed by atoms with Gasteiger partial charge in [0.25, 0.3) is 0 Å². The third kappa shape index (κ3) is 4.81. The van der Waals surface area contributed by atoms with E-state index in [-0.39, 0.29) is 11.8 Å². The van der Waals surface area contributed by atoms with Crippen molar-refractivity contribution >= 4 is 16.8 Å². The number of nitrogens with zero attached hydrogens (tertiary/aromatic N) is 4. The van der Waals surface area contributed by atoms with Crippen LogP contribution < -0.4 is 0 Å². The fraction of sp³-hybridized carbons (Fsp3) is 0.0732. The van der Waals surface area contributed by atoms with Gasteiger partial charge in [0.15, 0.2) is 0 Å². The van der Waals surface area contributed by atoms with Crippen LogP contribution >= 0.6 is 0 Å². The average Bonchev–Trinajstić information content (AvgIpc) is 3.12. The highest BCUT2D eigenvalue weighted by molar-refractivity contribution is 6.10. The largest absolute Gasteiger partial charge is 0.255 e. The third-order valence-electron chi connectivity index (χ3n) is 8.90. The van der Waals surface area contributed by atoms with Crippen molar-refractivity contribution in [1.82, 2.24) is 19.9 Å². The van der Waals surface area contributed by atoms with Crippen LogP contribution in [0.3, 0.4) is 0 Å². The van der Waals surface area contributed by atoms with Crippen molar-refractivity contribution in [3.8, 4) is 45.0 Å². The van der Waals surface area contributed by atoms with Crippen LogP contribution in [0.4, 0.5) is 0 Å². The van der Waals surface area contributed by atoms with E-state index in [1.54, 1.807) is 6.20 Å². The molecule has 0 saturated carbocycles. The summed E-state index contributed by atoms with van der Waals surface area (Å²) >= 11 is 0. The highest BCUT2D eigenvalue weighted by atomic mass is 14.8. The molecule has 214 valence electrons. The van der Waals surface area contributed by atoms with Crippen molar-refractivity contribution in [1.29, 1.82) is 0 Å². The molecule has 0 spiro atoms. The van der Waals surface area contributed by atoms with Crippen LogP contribution in [-0.4, -0.2) is 19.9 Å². The molecule has 0 bridgehead atoms. The summed E-state index contributed by atoms with van der Waals surface area (Å²) in [5.41, 5.74) is 12.0. The lowest BCUT2D eigenvalue weighted by Crippen LogP contribution is -2.14. The Bertz CT molecular complexity index is 2140. The maximum atomic E-state index is 4.91. The molecule has 1 aliphatic carbocycles. The zero-order valence-corrected chi connectivity index (χ0v) is 24.9. The average molecular weight is 579 g/mol. The van der Waals surface area contributed by atoms with Crippen LogP contribution in [0, 0.1) is 0 Å². The van der Waals surface area contributed by atoms with E-state index in [0.717, 1.165) is 33.9 Å². The van der Waals surface area contributed by atoms with E-state index in [0.29, 0.717) is 0 Å². The fourth-order valence-electron chi connectivity index (χ4n) is 6.78. The lowest BCUT2D eigenvalue weighted by molar-refractivity contribution is 0.672. The zero-order chi connectivity index (χ0) is 30.2.